The van der Waals surface area contributed by atoms with Crippen molar-refractivity contribution in [3.63, 3.8) is 0 Å². The van der Waals surface area contributed by atoms with Crippen molar-refractivity contribution in [2.45, 2.75) is 25.3 Å². The van der Waals surface area contributed by atoms with E-state index >= 15 is 0 Å². The van der Waals surface area contributed by atoms with E-state index in [9.17, 15) is 0 Å². The van der Waals surface area contributed by atoms with Gasteiger partial charge in [-0.3, -0.25) is 0 Å². The lowest BCUT2D eigenvalue weighted by atomic mass is 10.1. The number of hydrogen-bond donors (Lipinski definition) is 0. The van der Waals surface area contributed by atoms with E-state index in [1.54, 1.807) is 0 Å². The van der Waals surface area contributed by atoms with Crippen LogP contribution in [0.3, 0.4) is 0 Å². The molecular formula is C23H21N2S2+. The van der Waals surface area contributed by atoms with E-state index in [-0.39, 0.29) is 0 Å². The first-order valence-corrected chi connectivity index (χ1v) is 10.9. The molecule has 3 heterocycles. The Bertz CT molecular complexity index is 1220. The van der Waals surface area contributed by atoms with E-state index < -0.39 is 0 Å². The summed E-state index contributed by atoms with van der Waals surface area (Å²) < 4.78 is 3.76. The van der Waals surface area contributed by atoms with E-state index in [1.165, 1.54) is 47.9 Å². The highest BCUT2D eigenvalue weighted by molar-refractivity contribution is 8.04. The Balaban J connectivity index is 1.64. The summed E-state index contributed by atoms with van der Waals surface area (Å²) >= 11 is 3.67. The third-order valence-electron chi connectivity index (χ3n) is 5.26. The van der Waals surface area contributed by atoms with Gasteiger partial charge >= 0.3 is 0 Å². The van der Waals surface area contributed by atoms with Gasteiger partial charge in [0.2, 0.25) is 11.2 Å². The summed E-state index contributed by atoms with van der Waals surface area (Å²) in [5.41, 5.74) is 5.18. The molecule has 134 valence electrons. The molecule has 0 amide bonds. The molecule has 4 aromatic rings. The Morgan fingerprint density at radius 3 is 2.81 bits per heavy atom. The largest absolute Gasteiger partial charge is 0.337 e. The van der Waals surface area contributed by atoms with Crippen LogP contribution >= 0.6 is 23.1 Å². The highest BCUT2D eigenvalue weighted by Gasteiger charge is 2.26. The first kappa shape index (κ1) is 16.8. The fourth-order valence-corrected chi connectivity index (χ4v) is 5.82. The molecule has 0 bridgehead atoms. The lowest BCUT2D eigenvalue weighted by Crippen LogP contribution is -2.36. The molecule has 0 unspecified atom stereocenters. The van der Waals surface area contributed by atoms with E-state index in [2.05, 4.69) is 90.3 Å². The van der Waals surface area contributed by atoms with Crippen LogP contribution in [-0.2, 0) is 6.54 Å². The Kier molecular flexibility index (Phi) is 3.99. The fraction of sp³-hybridized carbons (Fsp3) is 0.174. The van der Waals surface area contributed by atoms with Crippen molar-refractivity contribution < 1.29 is 4.57 Å². The molecule has 2 aromatic heterocycles. The highest BCUT2D eigenvalue weighted by Crippen LogP contribution is 2.49. The van der Waals surface area contributed by atoms with Crippen molar-refractivity contribution in [3.8, 4) is 0 Å². The molecule has 5 rings (SSSR count). The molecule has 1 aliphatic rings. The Hall–Kier alpha value is -2.30. The number of fused-ring (bicyclic) bond motifs is 4. The molecular weight excluding hydrogens is 368 g/mol. The van der Waals surface area contributed by atoms with Crippen molar-refractivity contribution in [1.29, 1.82) is 0 Å². The molecule has 0 radical (unpaired) electrons. The van der Waals surface area contributed by atoms with Gasteiger partial charge in [-0.1, -0.05) is 23.4 Å². The maximum atomic E-state index is 2.40. The average Bonchev–Trinajstić information content (AvgIpc) is 3.26. The number of anilines is 1. The van der Waals surface area contributed by atoms with Crippen molar-refractivity contribution in [1.82, 2.24) is 0 Å². The number of aryl methyl sites for hydroxylation is 2. The topological polar surface area (TPSA) is 7.12 Å². The van der Waals surface area contributed by atoms with Gasteiger partial charge in [0.05, 0.1) is 10.7 Å². The second-order valence-electron chi connectivity index (χ2n) is 6.95. The number of pyridine rings is 1. The first-order valence-electron chi connectivity index (χ1n) is 9.22. The number of hydrogen-bond acceptors (Lipinski definition) is 3. The standard InChI is InChI=1S/C23H21N2S2/c1-4-25-17(7-6-16-13-15(2)5-8-19(16)25)14-22-24(3)23-18-11-12-26-20(18)9-10-21(23)27-22/h5-14H,4H2,1-3H3/q+1. The van der Waals surface area contributed by atoms with Gasteiger partial charge in [0, 0.05) is 45.6 Å². The van der Waals surface area contributed by atoms with Gasteiger partial charge < -0.3 is 4.90 Å². The number of nitrogens with zero attached hydrogens (tertiary/aromatic N) is 2. The van der Waals surface area contributed by atoms with E-state index in [0.717, 1.165) is 6.54 Å². The molecule has 4 heteroatoms. The number of thiophene rings is 1. The Morgan fingerprint density at radius 2 is 1.96 bits per heavy atom. The molecule has 0 atom stereocenters. The Labute approximate surface area is 167 Å². The predicted molar refractivity (Wildman–Crippen MR) is 119 cm³/mol. The summed E-state index contributed by atoms with van der Waals surface area (Å²) in [6.07, 6.45) is 2.33. The lowest BCUT2D eigenvalue weighted by Gasteiger charge is -2.14. The first-order chi connectivity index (χ1) is 13.2. The van der Waals surface area contributed by atoms with E-state index in [4.69, 9.17) is 0 Å². The second kappa shape index (κ2) is 6.39. The van der Waals surface area contributed by atoms with Crippen LogP contribution < -0.4 is 9.47 Å². The van der Waals surface area contributed by atoms with Crippen LogP contribution in [0.5, 0.6) is 0 Å². The van der Waals surface area contributed by atoms with Crippen LogP contribution in [0.2, 0.25) is 0 Å². The lowest BCUT2D eigenvalue weighted by molar-refractivity contribution is -0.669. The van der Waals surface area contributed by atoms with Gasteiger partial charge in [0.25, 0.3) is 0 Å². The maximum absolute atomic E-state index is 2.40. The molecule has 0 N–H and O–H groups in total. The average molecular weight is 390 g/mol. The van der Waals surface area contributed by atoms with Crippen LogP contribution in [0.15, 0.2) is 63.8 Å². The Morgan fingerprint density at radius 1 is 1.07 bits per heavy atom. The monoisotopic (exact) mass is 389 g/mol. The number of thioether (sulfide) groups is 1. The molecule has 0 saturated heterocycles. The van der Waals surface area contributed by atoms with Gasteiger partial charge in [-0.25, -0.2) is 0 Å². The summed E-state index contributed by atoms with van der Waals surface area (Å²) in [6, 6.07) is 17.9. The van der Waals surface area contributed by atoms with Crippen LogP contribution in [0, 0.1) is 6.92 Å². The van der Waals surface area contributed by atoms with Crippen molar-refractivity contribution in [2.75, 3.05) is 11.9 Å². The minimum absolute atomic E-state index is 0.954. The zero-order chi connectivity index (χ0) is 18.5. The predicted octanol–water partition coefficient (Wildman–Crippen LogP) is 6.21. The van der Waals surface area contributed by atoms with Crippen LogP contribution in [-0.4, -0.2) is 7.05 Å². The van der Waals surface area contributed by atoms with Gasteiger partial charge in [0.1, 0.15) is 6.54 Å². The van der Waals surface area contributed by atoms with Crippen molar-refractivity contribution >= 4 is 55.9 Å². The molecule has 0 fully saturated rings. The summed E-state index contributed by atoms with van der Waals surface area (Å²) in [5.74, 6) is 0. The smallest absolute Gasteiger partial charge is 0.212 e. The zero-order valence-corrected chi connectivity index (χ0v) is 17.3. The second-order valence-corrected chi connectivity index (χ2v) is 8.96. The van der Waals surface area contributed by atoms with Crippen molar-refractivity contribution in [2.24, 2.45) is 0 Å². The number of benzene rings is 2. The third-order valence-corrected chi connectivity index (χ3v) is 7.29. The molecule has 2 nitrogen and oxygen atoms in total. The summed E-state index contributed by atoms with van der Waals surface area (Å²) in [5, 5.41) is 6.11. The zero-order valence-electron chi connectivity index (χ0n) is 15.7. The van der Waals surface area contributed by atoms with E-state index in [1.807, 2.05) is 23.1 Å². The van der Waals surface area contributed by atoms with Gasteiger partial charge in [-0.15, -0.1) is 11.3 Å². The summed E-state index contributed by atoms with van der Waals surface area (Å²) in [6.45, 7) is 5.32. The highest BCUT2D eigenvalue weighted by atomic mass is 32.2. The molecule has 0 spiro atoms. The third kappa shape index (κ3) is 2.67. The van der Waals surface area contributed by atoms with Gasteiger partial charge in [-0.2, -0.15) is 4.57 Å². The molecule has 27 heavy (non-hydrogen) atoms. The minimum atomic E-state index is 0.954. The van der Waals surface area contributed by atoms with Gasteiger partial charge in [-0.05, 0) is 49.6 Å². The minimum Gasteiger partial charge on any atom is -0.337 e. The van der Waals surface area contributed by atoms with Crippen LogP contribution in [0.4, 0.5) is 5.69 Å². The molecule has 0 aliphatic carbocycles. The summed E-state index contributed by atoms with van der Waals surface area (Å²) in [4.78, 5) is 3.68. The van der Waals surface area contributed by atoms with E-state index in [0.29, 0.717) is 0 Å². The molecule has 0 saturated carbocycles. The summed E-state index contributed by atoms with van der Waals surface area (Å²) in [7, 11) is 2.18. The molecule has 1 aliphatic heterocycles. The normalized spacial score (nSPS) is 15.2. The quantitative estimate of drug-likeness (QED) is 0.376. The molecule has 2 aromatic carbocycles. The van der Waals surface area contributed by atoms with Crippen LogP contribution in [0.1, 0.15) is 18.2 Å². The SMILES string of the molecule is CC[n+]1c(/C=C2\Sc3ccc4sccc4c3N2C)ccc2cc(C)ccc21. The number of rotatable bonds is 2. The van der Waals surface area contributed by atoms with Crippen molar-refractivity contribution in [3.05, 3.63) is 70.2 Å². The number of aromatic nitrogens is 1. The van der Waals surface area contributed by atoms with Gasteiger partial charge in [0.15, 0.2) is 0 Å². The maximum Gasteiger partial charge on any atom is 0.212 e. The van der Waals surface area contributed by atoms with Crippen LogP contribution in [0.25, 0.3) is 27.1 Å². The fourth-order valence-electron chi connectivity index (χ4n) is 3.92.